The zero-order chi connectivity index (χ0) is 18.3. The van der Waals surface area contributed by atoms with E-state index in [0.29, 0.717) is 0 Å². The molecule has 0 aliphatic heterocycles. The van der Waals surface area contributed by atoms with E-state index in [9.17, 15) is 0 Å². The number of halogens is 4. The van der Waals surface area contributed by atoms with Crippen LogP contribution in [0.25, 0.3) is 0 Å². The Balaban J connectivity index is -0.000000480. The van der Waals surface area contributed by atoms with Crippen LogP contribution in [0.15, 0.2) is 0 Å². The second kappa shape index (κ2) is 39.5. The van der Waals surface area contributed by atoms with Crippen molar-refractivity contribution in [1.82, 2.24) is 21.3 Å². The van der Waals surface area contributed by atoms with E-state index in [1.54, 1.807) is 0 Å². The van der Waals surface area contributed by atoms with Gasteiger partial charge in [-0.2, -0.15) is 0 Å². The first-order valence-electron chi connectivity index (χ1n) is 11.2. The Morgan fingerprint density at radius 2 is 0.690 bits per heavy atom. The molecule has 8 heteroatoms. The van der Waals surface area contributed by atoms with Crippen LogP contribution in [-0.2, 0) is 0 Å². The van der Waals surface area contributed by atoms with Crippen molar-refractivity contribution >= 4 is 49.6 Å². The summed E-state index contributed by atoms with van der Waals surface area (Å²) >= 11 is 0. The lowest BCUT2D eigenvalue weighted by Crippen LogP contribution is -2.31. The van der Waals surface area contributed by atoms with E-state index in [-0.39, 0.29) is 49.6 Å². The molecule has 0 aromatic rings. The Kier molecular flexibility index (Phi) is 54.9. The quantitative estimate of drug-likeness (QED) is 0.151. The second-order valence-corrected chi connectivity index (χ2v) is 7.14. The van der Waals surface area contributed by atoms with Crippen LogP contribution in [0.2, 0.25) is 0 Å². The highest BCUT2D eigenvalue weighted by molar-refractivity contribution is 5.86. The van der Waals surface area contributed by atoms with Gasteiger partial charge in [0.05, 0.1) is 0 Å². The number of hydrogen-bond acceptors (Lipinski definition) is 4. The molecule has 0 aliphatic carbocycles. The fraction of sp³-hybridized carbons (Fsp3) is 1.00. The first-order chi connectivity index (χ1) is 12.4. The van der Waals surface area contributed by atoms with E-state index >= 15 is 0 Å². The predicted octanol–water partition coefficient (Wildman–Crippen LogP) is 5.36. The van der Waals surface area contributed by atoms with Gasteiger partial charge in [0, 0.05) is 26.2 Å². The zero-order valence-corrected chi connectivity index (χ0v) is 22.3. The van der Waals surface area contributed by atoms with Gasteiger partial charge in [-0.15, -0.1) is 49.6 Å². The lowest BCUT2D eigenvalue weighted by Gasteiger charge is -2.08. The van der Waals surface area contributed by atoms with Crippen LogP contribution in [0, 0.1) is 0 Å². The predicted molar refractivity (Wildman–Crippen MR) is 143 cm³/mol. The Bertz CT molecular complexity index is 219. The van der Waals surface area contributed by atoms with Crippen molar-refractivity contribution in [2.75, 3.05) is 52.4 Å². The SMILES string of the molecule is CCCCCCCCCCCCNCCNCCCNCCNCC.Cl.Cl.Cl.Cl. The lowest BCUT2D eigenvalue weighted by atomic mass is 10.1. The molecule has 0 spiro atoms. The molecular formula is C21H52Cl4N4. The molecular weight excluding hydrogens is 450 g/mol. The van der Waals surface area contributed by atoms with E-state index in [2.05, 4.69) is 35.1 Å². The van der Waals surface area contributed by atoms with Crippen molar-refractivity contribution in [3.8, 4) is 0 Å². The van der Waals surface area contributed by atoms with E-state index in [1.165, 1.54) is 77.2 Å². The van der Waals surface area contributed by atoms with Crippen molar-refractivity contribution in [1.29, 1.82) is 0 Å². The molecule has 0 rings (SSSR count). The average molecular weight is 502 g/mol. The monoisotopic (exact) mass is 500 g/mol. The van der Waals surface area contributed by atoms with Crippen LogP contribution in [-0.4, -0.2) is 52.4 Å². The minimum atomic E-state index is 0. The first-order valence-corrected chi connectivity index (χ1v) is 11.2. The molecule has 0 saturated heterocycles. The second-order valence-electron chi connectivity index (χ2n) is 7.14. The van der Waals surface area contributed by atoms with E-state index < -0.39 is 0 Å². The van der Waals surface area contributed by atoms with Crippen LogP contribution in [0.4, 0.5) is 0 Å². The molecule has 184 valence electrons. The van der Waals surface area contributed by atoms with Gasteiger partial charge in [-0.25, -0.2) is 0 Å². The summed E-state index contributed by atoms with van der Waals surface area (Å²) in [4.78, 5) is 0. The molecule has 0 unspecified atom stereocenters. The number of nitrogens with one attached hydrogen (secondary N) is 4. The van der Waals surface area contributed by atoms with Gasteiger partial charge in [-0.05, 0) is 39.0 Å². The van der Waals surface area contributed by atoms with Crippen LogP contribution in [0.3, 0.4) is 0 Å². The number of rotatable bonds is 22. The largest absolute Gasteiger partial charge is 0.316 e. The Morgan fingerprint density at radius 3 is 1.10 bits per heavy atom. The summed E-state index contributed by atoms with van der Waals surface area (Å²) in [5.41, 5.74) is 0. The van der Waals surface area contributed by atoms with Gasteiger partial charge in [0.1, 0.15) is 0 Å². The Morgan fingerprint density at radius 1 is 0.345 bits per heavy atom. The van der Waals surface area contributed by atoms with Crippen molar-refractivity contribution < 1.29 is 0 Å². The zero-order valence-electron chi connectivity index (χ0n) is 19.1. The smallest absolute Gasteiger partial charge is 0.00767 e. The summed E-state index contributed by atoms with van der Waals surface area (Å²) in [6.45, 7) is 13.3. The molecule has 0 bridgehead atoms. The van der Waals surface area contributed by atoms with Crippen LogP contribution in [0.5, 0.6) is 0 Å². The van der Waals surface area contributed by atoms with Gasteiger partial charge in [-0.1, -0.05) is 71.6 Å². The minimum absolute atomic E-state index is 0. The van der Waals surface area contributed by atoms with E-state index in [0.717, 1.165) is 45.8 Å². The normalized spacial score (nSPS) is 9.72. The molecule has 0 saturated carbocycles. The fourth-order valence-corrected chi connectivity index (χ4v) is 2.98. The summed E-state index contributed by atoms with van der Waals surface area (Å²) < 4.78 is 0. The van der Waals surface area contributed by atoms with Crippen LogP contribution < -0.4 is 21.3 Å². The average Bonchev–Trinajstić information content (AvgIpc) is 2.63. The van der Waals surface area contributed by atoms with Crippen molar-refractivity contribution in [2.24, 2.45) is 0 Å². The van der Waals surface area contributed by atoms with Crippen molar-refractivity contribution in [3.63, 3.8) is 0 Å². The highest BCUT2D eigenvalue weighted by atomic mass is 35.5. The highest BCUT2D eigenvalue weighted by Crippen LogP contribution is 2.10. The first kappa shape index (κ1) is 40.4. The summed E-state index contributed by atoms with van der Waals surface area (Å²) in [7, 11) is 0. The Hall–Kier alpha value is 1.00. The molecule has 0 aromatic heterocycles. The van der Waals surface area contributed by atoms with E-state index in [4.69, 9.17) is 0 Å². The molecule has 4 nitrogen and oxygen atoms in total. The molecule has 0 amide bonds. The molecule has 0 aromatic carbocycles. The number of hydrogen-bond donors (Lipinski definition) is 4. The molecule has 0 atom stereocenters. The van der Waals surface area contributed by atoms with Gasteiger partial charge in [-0.3, -0.25) is 0 Å². The summed E-state index contributed by atoms with van der Waals surface area (Å²) in [6, 6.07) is 0. The number of unbranched alkanes of at least 4 members (excludes halogenated alkanes) is 9. The highest BCUT2D eigenvalue weighted by Gasteiger charge is 1.93. The molecule has 0 aliphatic rings. The molecule has 4 N–H and O–H groups in total. The van der Waals surface area contributed by atoms with Gasteiger partial charge in [0.25, 0.3) is 0 Å². The fourth-order valence-electron chi connectivity index (χ4n) is 2.98. The molecule has 0 radical (unpaired) electrons. The topological polar surface area (TPSA) is 48.1 Å². The number of likely N-dealkylation sites (N-methyl/N-ethyl adjacent to an activating group) is 1. The maximum Gasteiger partial charge on any atom is 0.00767 e. The van der Waals surface area contributed by atoms with E-state index in [1.807, 2.05) is 0 Å². The van der Waals surface area contributed by atoms with Gasteiger partial charge in [0.2, 0.25) is 0 Å². The standard InChI is InChI=1S/C21H48N4.4ClH/c1-3-5-6-7-8-9-10-11-12-13-15-23-20-21-25-17-14-16-24-19-18-22-4-2;;;;/h22-25H,3-21H2,1-2H3;4*1H. The van der Waals surface area contributed by atoms with Crippen LogP contribution in [0.1, 0.15) is 84.5 Å². The summed E-state index contributed by atoms with van der Waals surface area (Å²) in [6.07, 6.45) is 15.4. The maximum absolute atomic E-state index is 3.55. The van der Waals surface area contributed by atoms with Gasteiger partial charge < -0.3 is 21.3 Å². The molecule has 0 fully saturated rings. The maximum atomic E-state index is 3.55. The molecule has 0 heterocycles. The minimum Gasteiger partial charge on any atom is -0.316 e. The van der Waals surface area contributed by atoms with Crippen LogP contribution >= 0.6 is 49.6 Å². The lowest BCUT2D eigenvalue weighted by molar-refractivity contribution is 0.533. The Labute approximate surface area is 207 Å². The van der Waals surface area contributed by atoms with Gasteiger partial charge >= 0.3 is 0 Å². The summed E-state index contributed by atoms with van der Waals surface area (Å²) in [5.74, 6) is 0. The van der Waals surface area contributed by atoms with Crippen molar-refractivity contribution in [3.05, 3.63) is 0 Å². The third kappa shape index (κ3) is 40.0. The third-order valence-electron chi connectivity index (χ3n) is 4.62. The third-order valence-corrected chi connectivity index (χ3v) is 4.62. The molecule has 29 heavy (non-hydrogen) atoms. The summed E-state index contributed by atoms with van der Waals surface area (Å²) in [5, 5.41) is 13.8. The van der Waals surface area contributed by atoms with Gasteiger partial charge in [0.15, 0.2) is 0 Å². The van der Waals surface area contributed by atoms with Crippen molar-refractivity contribution in [2.45, 2.75) is 84.5 Å².